The average Bonchev–Trinajstić information content (AvgIpc) is 2.77. The van der Waals surface area contributed by atoms with Crippen LogP contribution in [0.3, 0.4) is 0 Å². The maximum Gasteiger partial charge on any atom is 0.410 e. The van der Waals surface area contributed by atoms with E-state index in [1.54, 1.807) is 23.3 Å². The van der Waals surface area contributed by atoms with Gasteiger partial charge in [-0.05, 0) is 55.4 Å². The van der Waals surface area contributed by atoms with Gasteiger partial charge >= 0.3 is 6.09 Å². The number of anilines is 1. The molecule has 0 bridgehead atoms. The number of likely N-dealkylation sites (tertiary alicyclic amines) is 1. The predicted molar refractivity (Wildman–Crippen MR) is 124 cm³/mol. The lowest BCUT2D eigenvalue weighted by Gasteiger charge is -2.32. The first-order chi connectivity index (χ1) is 15.1. The molecule has 8 heteroatoms. The van der Waals surface area contributed by atoms with Gasteiger partial charge in [-0.2, -0.15) is 0 Å². The molecular formula is C24H30N2O5S. The molecular weight excluding hydrogens is 428 g/mol. The molecule has 32 heavy (non-hydrogen) atoms. The van der Waals surface area contributed by atoms with Gasteiger partial charge in [-0.3, -0.25) is 4.79 Å². The van der Waals surface area contributed by atoms with E-state index in [1.807, 2.05) is 36.4 Å². The Bertz CT molecular complexity index is 935. The van der Waals surface area contributed by atoms with Crippen molar-refractivity contribution in [2.24, 2.45) is 0 Å². The number of benzene rings is 2. The lowest BCUT2D eigenvalue weighted by atomic mass is 9.89. The molecule has 0 spiro atoms. The van der Waals surface area contributed by atoms with Crippen LogP contribution in [0.2, 0.25) is 0 Å². The van der Waals surface area contributed by atoms with Crippen LogP contribution in [-0.4, -0.2) is 51.5 Å². The Morgan fingerprint density at radius 1 is 1.19 bits per heavy atom. The molecule has 3 rings (SSSR count). The summed E-state index contributed by atoms with van der Waals surface area (Å²) in [7, 11) is 0. The highest BCUT2D eigenvalue weighted by atomic mass is 32.2. The third-order valence-electron chi connectivity index (χ3n) is 5.53. The minimum absolute atomic E-state index is 0.158. The van der Waals surface area contributed by atoms with Crippen LogP contribution < -0.4 is 5.32 Å². The van der Waals surface area contributed by atoms with Crippen LogP contribution in [-0.2, 0) is 27.3 Å². The summed E-state index contributed by atoms with van der Waals surface area (Å²) in [6.07, 6.45) is 2.76. The highest BCUT2D eigenvalue weighted by molar-refractivity contribution is 7.90. The largest absolute Gasteiger partial charge is 0.612 e. The van der Waals surface area contributed by atoms with Crippen LogP contribution in [0.4, 0.5) is 10.5 Å². The van der Waals surface area contributed by atoms with Gasteiger partial charge in [0.25, 0.3) is 5.91 Å². The molecule has 0 saturated carbocycles. The topological polar surface area (TPSA) is 102 Å². The summed E-state index contributed by atoms with van der Waals surface area (Å²) in [5.74, 6) is -0.369. The summed E-state index contributed by atoms with van der Waals surface area (Å²) in [5, 5.41) is 12.5. The molecule has 0 aliphatic carbocycles. The quantitative estimate of drug-likeness (QED) is 0.644. The smallest absolute Gasteiger partial charge is 0.410 e. The zero-order valence-electron chi connectivity index (χ0n) is 18.7. The van der Waals surface area contributed by atoms with Gasteiger partial charge in [0.15, 0.2) is 4.90 Å². The maximum absolute atomic E-state index is 12.4. The summed E-state index contributed by atoms with van der Waals surface area (Å²) >= 11 is -1.25. The van der Waals surface area contributed by atoms with Crippen molar-refractivity contribution in [3.05, 3.63) is 59.7 Å². The second-order valence-electron chi connectivity index (χ2n) is 8.52. The van der Waals surface area contributed by atoms with Gasteiger partial charge in [0.2, 0.25) is 0 Å². The van der Waals surface area contributed by atoms with Gasteiger partial charge in [-0.15, -0.1) is 0 Å². The summed E-state index contributed by atoms with van der Waals surface area (Å²) in [5.41, 5.74) is 0.895. The molecule has 1 saturated heterocycles. The molecule has 1 heterocycles. The third kappa shape index (κ3) is 6.25. The summed E-state index contributed by atoms with van der Waals surface area (Å²) in [6, 6.07) is 14.9. The van der Waals surface area contributed by atoms with Crippen molar-refractivity contribution in [3.63, 3.8) is 0 Å². The van der Waals surface area contributed by atoms with Gasteiger partial charge in [-0.1, -0.05) is 36.4 Å². The van der Waals surface area contributed by atoms with Crippen LogP contribution in [0, 0.1) is 0 Å². The second-order valence-corrected chi connectivity index (χ2v) is 9.87. The summed E-state index contributed by atoms with van der Waals surface area (Å²) in [6.45, 7) is 4.19. The number of nitrogens with one attached hydrogen (secondary N) is 1. The highest BCUT2D eigenvalue weighted by Crippen LogP contribution is 2.34. The third-order valence-corrected chi connectivity index (χ3v) is 6.51. The number of carbonyl (C=O) groups excluding carboxylic acids is 2. The van der Waals surface area contributed by atoms with E-state index in [0.717, 1.165) is 24.0 Å². The Labute approximate surface area is 191 Å². The molecule has 2 aromatic carbocycles. The normalized spacial score (nSPS) is 15.8. The van der Waals surface area contributed by atoms with Gasteiger partial charge in [-0.25, -0.2) is 4.79 Å². The van der Waals surface area contributed by atoms with E-state index in [9.17, 15) is 19.2 Å². The number of ether oxygens (including phenoxy) is 1. The Hall–Kier alpha value is -2.55. The lowest BCUT2D eigenvalue weighted by molar-refractivity contribution is -0.130. The van der Waals surface area contributed by atoms with E-state index in [-0.39, 0.29) is 18.6 Å². The van der Waals surface area contributed by atoms with Crippen LogP contribution in [0.5, 0.6) is 0 Å². The van der Waals surface area contributed by atoms with Crippen molar-refractivity contribution >= 4 is 28.9 Å². The molecule has 1 fully saturated rings. The number of aliphatic hydroxyl groups is 1. The van der Waals surface area contributed by atoms with Crippen molar-refractivity contribution in [3.8, 4) is 0 Å². The monoisotopic (exact) mass is 458 g/mol. The zero-order chi connectivity index (χ0) is 23.3. The van der Waals surface area contributed by atoms with Gasteiger partial charge in [0.1, 0.15) is 18.5 Å². The molecule has 2 N–H and O–H groups in total. The standard InChI is InChI=1S/C24H30N2O5S/c1-24(2,29)22(27)25-19-9-10-20(21(15-19)32(3)30)18-11-13-26(14-12-18)23(28)31-16-17-7-5-4-6-8-17/h4-10,15,18,29H,11-14,16H2,1-3H3,(H,25,27). The van der Waals surface area contributed by atoms with E-state index in [4.69, 9.17) is 4.74 Å². The number of rotatable bonds is 6. The first-order valence-corrected chi connectivity index (χ1v) is 12.2. The number of nitrogens with zero attached hydrogens (tertiary/aromatic N) is 1. The van der Waals surface area contributed by atoms with Crippen molar-refractivity contribution in [1.82, 2.24) is 4.90 Å². The van der Waals surface area contributed by atoms with E-state index < -0.39 is 22.7 Å². The fourth-order valence-electron chi connectivity index (χ4n) is 3.67. The van der Waals surface area contributed by atoms with Crippen LogP contribution in [0.25, 0.3) is 0 Å². The van der Waals surface area contributed by atoms with Crippen molar-refractivity contribution in [2.75, 3.05) is 24.7 Å². The Kier molecular flexibility index (Phi) is 7.82. The highest BCUT2D eigenvalue weighted by Gasteiger charge is 2.29. The molecule has 0 radical (unpaired) electrons. The molecule has 172 valence electrons. The van der Waals surface area contributed by atoms with Crippen LogP contribution >= 0.6 is 0 Å². The zero-order valence-corrected chi connectivity index (χ0v) is 19.5. The molecule has 7 nitrogen and oxygen atoms in total. The van der Waals surface area contributed by atoms with Gasteiger partial charge in [0, 0.05) is 30.4 Å². The van der Waals surface area contributed by atoms with Crippen molar-refractivity contribution in [2.45, 2.75) is 49.7 Å². The Balaban J connectivity index is 1.61. The fourth-order valence-corrected chi connectivity index (χ4v) is 4.53. The van der Waals surface area contributed by atoms with Crippen molar-refractivity contribution in [1.29, 1.82) is 0 Å². The fraction of sp³-hybridized carbons (Fsp3) is 0.417. The first-order valence-electron chi connectivity index (χ1n) is 10.6. The molecule has 2 amide bonds. The summed E-state index contributed by atoms with van der Waals surface area (Å²) < 4.78 is 17.8. The average molecular weight is 459 g/mol. The lowest BCUT2D eigenvalue weighted by Crippen LogP contribution is -2.38. The molecule has 1 unspecified atom stereocenters. The van der Waals surface area contributed by atoms with Gasteiger partial charge in [0.05, 0.1) is 0 Å². The molecule has 0 aromatic heterocycles. The Morgan fingerprint density at radius 2 is 1.84 bits per heavy atom. The molecule has 1 atom stereocenters. The molecule has 2 aromatic rings. The predicted octanol–water partition coefficient (Wildman–Crippen LogP) is 3.65. The van der Waals surface area contributed by atoms with E-state index >= 15 is 0 Å². The van der Waals surface area contributed by atoms with Crippen LogP contribution in [0.1, 0.15) is 43.7 Å². The minimum atomic E-state index is -1.51. The molecule has 1 aliphatic rings. The van der Waals surface area contributed by atoms with E-state index in [1.165, 1.54) is 13.8 Å². The number of piperidine rings is 1. The van der Waals surface area contributed by atoms with Crippen LogP contribution in [0.15, 0.2) is 53.4 Å². The number of amides is 2. The van der Waals surface area contributed by atoms with E-state index in [0.29, 0.717) is 23.7 Å². The Morgan fingerprint density at radius 3 is 2.44 bits per heavy atom. The van der Waals surface area contributed by atoms with Crippen molar-refractivity contribution < 1.29 is 24.0 Å². The number of hydrogen-bond donors (Lipinski definition) is 2. The summed E-state index contributed by atoms with van der Waals surface area (Å²) in [4.78, 5) is 26.8. The number of hydrogen-bond acceptors (Lipinski definition) is 5. The molecule has 1 aliphatic heterocycles. The van der Waals surface area contributed by atoms with Gasteiger partial charge < -0.3 is 24.6 Å². The number of carbonyl (C=O) groups is 2. The minimum Gasteiger partial charge on any atom is -0.612 e. The first kappa shape index (κ1) is 24.1. The maximum atomic E-state index is 12.4. The SMILES string of the molecule is C[S+]([O-])c1cc(NC(=O)C(C)(C)O)ccc1C1CCN(C(=O)OCc2ccccc2)CC1. The van der Waals surface area contributed by atoms with E-state index in [2.05, 4.69) is 5.32 Å². The second kappa shape index (κ2) is 10.4.